The van der Waals surface area contributed by atoms with E-state index in [0.717, 1.165) is 4.47 Å². The first kappa shape index (κ1) is 16.5. The quantitative estimate of drug-likeness (QED) is 0.855. The van der Waals surface area contributed by atoms with E-state index >= 15 is 0 Å². The van der Waals surface area contributed by atoms with Crippen molar-refractivity contribution in [1.82, 2.24) is 9.88 Å². The van der Waals surface area contributed by atoms with Crippen LogP contribution in [0.25, 0.3) is 0 Å². The highest BCUT2D eigenvalue weighted by Crippen LogP contribution is 2.25. The van der Waals surface area contributed by atoms with Crippen LogP contribution in [0.5, 0.6) is 11.6 Å². The summed E-state index contributed by atoms with van der Waals surface area (Å²) < 4.78 is 6.66. The molecule has 0 fully saturated rings. The maximum atomic E-state index is 12.5. The summed E-state index contributed by atoms with van der Waals surface area (Å²) >= 11 is 3.36. The predicted molar refractivity (Wildman–Crippen MR) is 87.1 cm³/mol. The maximum absolute atomic E-state index is 12.5. The van der Waals surface area contributed by atoms with E-state index in [2.05, 4.69) is 20.9 Å². The van der Waals surface area contributed by atoms with Gasteiger partial charge in [0, 0.05) is 23.8 Å². The van der Waals surface area contributed by atoms with E-state index < -0.39 is 0 Å². The van der Waals surface area contributed by atoms with Crippen molar-refractivity contribution < 1.29 is 14.6 Å². The Kier molecular flexibility index (Phi) is 5.91. The molecule has 0 aliphatic heterocycles. The monoisotopic (exact) mass is 364 g/mol. The van der Waals surface area contributed by atoms with Crippen molar-refractivity contribution >= 4 is 21.8 Å². The first-order valence-corrected chi connectivity index (χ1v) is 7.73. The molecule has 0 saturated carbocycles. The Morgan fingerprint density at radius 1 is 1.32 bits per heavy atom. The number of rotatable bonds is 6. The highest BCUT2D eigenvalue weighted by atomic mass is 79.9. The number of hydrogen-bond acceptors (Lipinski definition) is 4. The summed E-state index contributed by atoms with van der Waals surface area (Å²) in [5.41, 5.74) is 0.376. The summed E-state index contributed by atoms with van der Waals surface area (Å²) in [5.74, 6) is 0.643. The van der Waals surface area contributed by atoms with Gasteiger partial charge < -0.3 is 14.7 Å². The predicted octanol–water partition coefficient (Wildman–Crippen LogP) is 3.09. The molecule has 22 heavy (non-hydrogen) atoms. The highest BCUT2D eigenvalue weighted by molar-refractivity contribution is 9.10. The minimum absolute atomic E-state index is 0.0806. The molecule has 1 heterocycles. The van der Waals surface area contributed by atoms with Gasteiger partial charge in [0.05, 0.1) is 6.61 Å². The molecule has 0 saturated heterocycles. The van der Waals surface area contributed by atoms with E-state index in [4.69, 9.17) is 9.84 Å². The van der Waals surface area contributed by atoms with Crippen molar-refractivity contribution in [3.05, 3.63) is 52.6 Å². The van der Waals surface area contributed by atoms with Gasteiger partial charge in [0.15, 0.2) is 0 Å². The van der Waals surface area contributed by atoms with E-state index in [-0.39, 0.29) is 24.9 Å². The number of likely N-dealkylation sites (N-methyl/N-ethyl adjacent to an activating group) is 1. The van der Waals surface area contributed by atoms with Crippen LogP contribution < -0.4 is 4.74 Å². The van der Waals surface area contributed by atoms with Gasteiger partial charge in [-0.3, -0.25) is 4.79 Å². The summed E-state index contributed by atoms with van der Waals surface area (Å²) in [5, 5.41) is 9.05. The number of aliphatic hydroxyl groups is 1. The van der Waals surface area contributed by atoms with Gasteiger partial charge in [-0.2, -0.15) is 0 Å². The Hall–Kier alpha value is -1.92. The minimum Gasteiger partial charge on any atom is -0.438 e. The number of nitrogens with zero attached hydrogens (tertiary/aromatic N) is 2. The lowest BCUT2D eigenvalue weighted by Gasteiger charge is -2.20. The van der Waals surface area contributed by atoms with Crippen LogP contribution in [0.3, 0.4) is 0 Å². The van der Waals surface area contributed by atoms with Crippen LogP contribution in [-0.2, 0) is 0 Å². The fourth-order valence-electron chi connectivity index (χ4n) is 1.94. The number of amides is 1. The second-order valence-electron chi connectivity index (χ2n) is 4.52. The van der Waals surface area contributed by atoms with Gasteiger partial charge in [-0.1, -0.05) is 15.9 Å². The van der Waals surface area contributed by atoms with Crippen LogP contribution in [-0.4, -0.2) is 40.6 Å². The number of halogens is 1. The van der Waals surface area contributed by atoms with Crippen molar-refractivity contribution in [3.63, 3.8) is 0 Å². The molecule has 0 spiro atoms. The molecule has 2 rings (SSSR count). The summed E-state index contributed by atoms with van der Waals surface area (Å²) in [6, 6.07) is 10.6. The average Bonchev–Trinajstić information content (AvgIpc) is 2.54. The molecule has 1 amide bonds. The van der Waals surface area contributed by atoms with Crippen molar-refractivity contribution in [2.24, 2.45) is 0 Å². The first-order valence-electron chi connectivity index (χ1n) is 6.94. The van der Waals surface area contributed by atoms with Gasteiger partial charge in [0.1, 0.15) is 11.3 Å². The SMILES string of the molecule is CCN(CCO)C(=O)c1cccnc1Oc1ccc(Br)cc1. The van der Waals surface area contributed by atoms with Crippen LogP contribution >= 0.6 is 15.9 Å². The minimum atomic E-state index is -0.211. The molecular weight excluding hydrogens is 348 g/mol. The van der Waals surface area contributed by atoms with Gasteiger partial charge in [-0.25, -0.2) is 4.98 Å². The average molecular weight is 365 g/mol. The third-order valence-corrected chi connectivity index (χ3v) is 3.60. The van der Waals surface area contributed by atoms with E-state index in [1.54, 1.807) is 35.4 Å². The van der Waals surface area contributed by atoms with Crippen molar-refractivity contribution in [2.75, 3.05) is 19.7 Å². The van der Waals surface area contributed by atoms with Gasteiger partial charge in [0.25, 0.3) is 5.91 Å². The standard InChI is InChI=1S/C16H17BrN2O3/c1-2-19(10-11-20)16(21)14-4-3-9-18-15(14)22-13-7-5-12(17)6-8-13/h3-9,20H,2,10-11H2,1H3. The second-order valence-corrected chi connectivity index (χ2v) is 5.44. The topological polar surface area (TPSA) is 62.7 Å². The number of aliphatic hydroxyl groups excluding tert-OH is 1. The van der Waals surface area contributed by atoms with E-state index in [0.29, 0.717) is 17.9 Å². The fourth-order valence-corrected chi connectivity index (χ4v) is 2.21. The number of aromatic nitrogens is 1. The molecule has 0 unspecified atom stereocenters. The van der Waals surface area contributed by atoms with Crippen LogP contribution in [0.15, 0.2) is 47.1 Å². The molecule has 0 aliphatic rings. The number of benzene rings is 1. The van der Waals surface area contributed by atoms with E-state index in [1.807, 2.05) is 19.1 Å². The number of ether oxygens (including phenoxy) is 1. The molecule has 1 aromatic carbocycles. The Morgan fingerprint density at radius 2 is 2.05 bits per heavy atom. The molecule has 2 aromatic rings. The van der Waals surface area contributed by atoms with Crippen molar-refractivity contribution in [3.8, 4) is 11.6 Å². The van der Waals surface area contributed by atoms with Crippen molar-refractivity contribution in [1.29, 1.82) is 0 Å². The van der Waals surface area contributed by atoms with Crippen LogP contribution in [0, 0.1) is 0 Å². The molecule has 1 aromatic heterocycles. The number of hydrogen-bond donors (Lipinski definition) is 1. The van der Waals surface area contributed by atoms with E-state index in [9.17, 15) is 4.79 Å². The number of carbonyl (C=O) groups excluding carboxylic acids is 1. The third-order valence-electron chi connectivity index (χ3n) is 3.07. The van der Waals surface area contributed by atoms with Gasteiger partial charge in [-0.15, -0.1) is 0 Å². The molecule has 1 N–H and O–H groups in total. The summed E-state index contributed by atoms with van der Waals surface area (Å²) in [7, 11) is 0. The second kappa shape index (κ2) is 7.91. The molecule has 116 valence electrons. The summed E-state index contributed by atoms with van der Waals surface area (Å²) in [6.07, 6.45) is 1.58. The van der Waals surface area contributed by atoms with Crippen LogP contribution in [0.4, 0.5) is 0 Å². The molecule has 0 aliphatic carbocycles. The zero-order chi connectivity index (χ0) is 15.9. The summed E-state index contributed by atoms with van der Waals surface area (Å²) in [4.78, 5) is 18.2. The largest absolute Gasteiger partial charge is 0.438 e. The highest BCUT2D eigenvalue weighted by Gasteiger charge is 2.19. The Balaban J connectivity index is 2.26. The lowest BCUT2D eigenvalue weighted by molar-refractivity contribution is 0.0728. The maximum Gasteiger partial charge on any atom is 0.259 e. The third kappa shape index (κ3) is 4.05. The molecule has 0 bridgehead atoms. The Labute approximate surface area is 137 Å². The smallest absolute Gasteiger partial charge is 0.259 e. The lowest BCUT2D eigenvalue weighted by atomic mass is 10.2. The van der Waals surface area contributed by atoms with Crippen LogP contribution in [0.2, 0.25) is 0 Å². The zero-order valence-electron chi connectivity index (χ0n) is 12.2. The summed E-state index contributed by atoms with van der Waals surface area (Å²) in [6.45, 7) is 2.57. The zero-order valence-corrected chi connectivity index (χ0v) is 13.8. The normalized spacial score (nSPS) is 10.3. The first-order chi connectivity index (χ1) is 10.7. The van der Waals surface area contributed by atoms with E-state index in [1.165, 1.54) is 0 Å². The fraction of sp³-hybridized carbons (Fsp3) is 0.250. The molecule has 6 heteroatoms. The molecule has 5 nitrogen and oxygen atoms in total. The molecule has 0 atom stereocenters. The molecule has 0 radical (unpaired) electrons. The van der Waals surface area contributed by atoms with Crippen LogP contribution in [0.1, 0.15) is 17.3 Å². The molecular formula is C16H17BrN2O3. The van der Waals surface area contributed by atoms with Gasteiger partial charge in [0.2, 0.25) is 5.88 Å². The number of carbonyl (C=O) groups is 1. The van der Waals surface area contributed by atoms with Gasteiger partial charge in [-0.05, 0) is 43.3 Å². The number of pyridine rings is 1. The Morgan fingerprint density at radius 3 is 2.68 bits per heavy atom. The Bertz CT molecular complexity index is 632. The van der Waals surface area contributed by atoms with Gasteiger partial charge >= 0.3 is 0 Å². The van der Waals surface area contributed by atoms with Crippen molar-refractivity contribution in [2.45, 2.75) is 6.92 Å². The lowest BCUT2D eigenvalue weighted by Crippen LogP contribution is -2.33.